The summed E-state index contributed by atoms with van der Waals surface area (Å²) in [6, 6.07) is 7.39. The molecule has 8 nitrogen and oxygen atoms in total. The molecule has 4 rings (SSSR count). The van der Waals surface area contributed by atoms with Gasteiger partial charge < -0.3 is 25.7 Å². The van der Waals surface area contributed by atoms with Gasteiger partial charge in [0.1, 0.15) is 0 Å². The number of carbonyl (C=O) groups excluding carboxylic acids is 2. The molecule has 0 atom stereocenters. The Bertz CT molecular complexity index is 1160. The van der Waals surface area contributed by atoms with Gasteiger partial charge in [-0.3, -0.25) is 14.6 Å². The van der Waals surface area contributed by atoms with Crippen LogP contribution in [0.5, 0.6) is 0 Å². The molecule has 2 aromatic rings. The summed E-state index contributed by atoms with van der Waals surface area (Å²) in [6.45, 7) is 2.78. The number of benzene rings is 1. The third kappa shape index (κ3) is 3.72. The van der Waals surface area contributed by atoms with Crippen molar-refractivity contribution in [1.82, 2.24) is 9.88 Å². The summed E-state index contributed by atoms with van der Waals surface area (Å²) in [5.74, 6) is 0.0646. The molecular formula is C23H25N5O3. The van der Waals surface area contributed by atoms with Gasteiger partial charge in [-0.15, -0.1) is 0 Å². The first kappa shape index (κ1) is 20.5. The van der Waals surface area contributed by atoms with Crippen LogP contribution in [0.4, 0.5) is 5.69 Å². The predicted octanol–water partition coefficient (Wildman–Crippen LogP) is 2.64. The molecule has 4 N–H and O–H groups in total. The Morgan fingerprint density at radius 3 is 2.77 bits per heavy atom. The summed E-state index contributed by atoms with van der Waals surface area (Å²) in [7, 11) is 3.39. The van der Waals surface area contributed by atoms with E-state index in [1.807, 2.05) is 25.1 Å². The van der Waals surface area contributed by atoms with Gasteiger partial charge in [0, 0.05) is 43.8 Å². The Kier molecular flexibility index (Phi) is 5.37. The molecule has 2 amide bonds. The van der Waals surface area contributed by atoms with Crippen LogP contribution in [-0.4, -0.2) is 54.8 Å². The number of nitrogens with one attached hydrogen (secondary N) is 2. The average molecular weight is 419 g/mol. The topological polar surface area (TPSA) is 113 Å². The minimum atomic E-state index is -0.227. The number of fused-ring (bicyclic) bond motifs is 2. The first-order chi connectivity index (χ1) is 14.9. The third-order valence-corrected chi connectivity index (χ3v) is 5.44. The van der Waals surface area contributed by atoms with Crippen molar-refractivity contribution in [3.63, 3.8) is 0 Å². The van der Waals surface area contributed by atoms with Gasteiger partial charge in [-0.1, -0.05) is 6.07 Å². The van der Waals surface area contributed by atoms with E-state index in [1.165, 1.54) is 6.20 Å². The van der Waals surface area contributed by atoms with Crippen LogP contribution >= 0.6 is 0 Å². The number of nitrogens with zero attached hydrogens (tertiary/aromatic N) is 2. The number of aromatic nitrogens is 1. The molecule has 0 radical (unpaired) electrons. The normalized spacial score (nSPS) is 21.1. The van der Waals surface area contributed by atoms with E-state index < -0.39 is 0 Å². The van der Waals surface area contributed by atoms with Gasteiger partial charge in [-0.25, -0.2) is 0 Å². The lowest BCUT2D eigenvalue weighted by Gasteiger charge is -2.18. The molecule has 0 saturated heterocycles. The lowest BCUT2D eigenvalue weighted by molar-refractivity contribution is -0.110. The fourth-order valence-electron chi connectivity index (χ4n) is 3.88. The molecule has 2 aliphatic heterocycles. The zero-order valence-electron chi connectivity index (χ0n) is 17.8. The fraction of sp³-hybridized carbons (Fsp3) is 0.261. The second-order valence-corrected chi connectivity index (χ2v) is 7.59. The molecule has 3 heterocycles. The number of amides is 2. The second-order valence-electron chi connectivity index (χ2n) is 7.59. The van der Waals surface area contributed by atoms with E-state index in [4.69, 9.17) is 10.5 Å². The van der Waals surface area contributed by atoms with Gasteiger partial charge in [-0.05, 0) is 43.2 Å². The number of hydrogen-bond donors (Lipinski definition) is 3. The highest BCUT2D eigenvalue weighted by molar-refractivity contribution is 6.35. The van der Waals surface area contributed by atoms with Crippen molar-refractivity contribution in [3.8, 4) is 0 Å². The van der Waals surface area contributed by atoms with Crippen LogP contribution in [0.3, 0.4) is 0 Å². The predicted molar refractivity (Wildman–Crippen MR) is 122 cm³/mol. The number of aliphatic imine (C=N–C) groups is 1. The Morgan fingerprint density at radius 1 is 1.23 bits per heavy atom. The highest BCUT2D eigenvalue weighted by Gasteiger charge is 2.27. The summed E-state index contributed by atoms with van der Waals surface area (Å²) in [4.78, 5) is 34.9. The zero-order chi connectivity index (χ0) is 22.1. The minimum absolute atomic E-state index is 0.120. The molecule has 0 fully saturated rings. The lowest BCUT2D eigenvalue weighted by atomic mass is 9.98. The Morgan fingerprint density at radius 2 is 2.03 bits per heavy atom. The number of carbonyl (C=O) groups is 2. The summed E-state index contributed by atoms with van der Waals surface area (Å²) in [6.07, 6.45) is 3.82. The molecule has 0 spiro atoms. The largest absolute Gasteiger partial charge is 0.477 e. The summed E-state index contributed by atoms with van der Waals surface area (Å²) < 4.78 is 5.88. The van der Waals surface area contributed by atoms with E-state index in [0.29, 0.717) is 53.6 Å². The molecule has 0 aliphatic carbocycles. The summed E-state index contributed by atoms with van der Waals surface area (Å²) >= 11 is 0. The monoisotopic (exact) mass is 419 g/mol. The van der Waals surface area contributed by atoms with E-state index in [1.54, 1.807) is 31.1 Å². The van der Waals surface area contributed by atoms with E-state index >= 15 is 0 Å². The number of aromatic amines is 1. The maximum absolute atomic E-state index is 13.1. The summed E-state index contributed by atoms with van der Waals surface area (Å²) in [5.41, 5.74) is 11.2. The molecule has 31 heavy (non-hydrogen) atoms. The van der Waals surface area contributed by atoms with Crippen LogP contribution < -0.4 is 11.1 Å². The Balaban J connectivity index is 1.91. The van der Waals surface area contributed by atoms with E-state index in [-0.39, 0.29) is 11.8 Å². The maximum atomic E-state index is 13.1. The van der Waals surface area contributed by atoms with Gasteiger partial charge in [0.2, 0.25) is 5.90 Å². The molecular weight excluding hydrogens is 394 g/mol. The van der Waals surface area contributed by atoms with Crippen molar-refractivity contribution in [2.24, 2.45) is 10.7 Å². The lowest BCUT2D eigenvalue weighted by Crippen LogP contribution is -2.29. The molecule has 8 heteroatoms. The highest BCUT2D eigenvalue weighted by atomic mass is 16.5. The van der Waals surface area contributed by atoms with Crippen molar-refractivity contribution < 1.29 is 14.3 Å². The van der Waals surface area contributed by atoms with Crippen LogP contribution in [0.2, 0.25) is 0 Å². The smallest absolute Gasteiger partial charge is 0.256 e. The number of rotatable bonds is 0. The van der Waals surface area contributed by atoms with Crippen LogP contribution in [0.1, 0.15) is 39.3 Å². The van der Waals surface area contributed by atoms with Gasteiger partial charge in [0.05, 0.1) is 29.0 Å². The van der Waals surface area contributed by atoms with E-state index in [0.717, 1.165) is 16.8 Å². The summed E-state index contributed by atoms with van der Waals surface area (Å²) in [5, 5.41) is 2.88. The number of nitrogens with two attached hydrogens (primary N) is 1. The van der Waals surface area contributed by atoms with Gasteiger partial charge in [0.15, 0.2) is 0 Å². The number of aryl methyl sites for hydroxylation is 1. The van der Waals surface area contributed by atoms with Crippen molar-refractivity contribution in [1.29, 1.82) is 0 Å². The number of ether oxygens (including phenoxy) is 1. The molecule has 160 valence electrons. The van der Waals surface area contributed by atoms with Crippen molar-refractivity contribution >= 4 is 40.6 Å². The van der Waals surface area contributed by atoms with Crippen molar-refractivity contribution in [2.75, 3.05) is 32.6 Å². The zero-order valence-corrected chi connectivity index (χ0v) is 17.8. The van der Waals surface area contributed by atoms with Crippen LogP contribution in [0.25, 0.3) is 17.2 Å². The standard InChI is InChI=1S/C23H25N5O3/c1-13-9-17-20(26-13)11-16-15-10-14(5-6-19(15)27-21(16)29)18(12-24)22(25-2)31-8-4-7-28(3)23(17)30/h5-6,9-12,26H,4,7-8,24H2,1-3H3,(H,27,29)/b16-11-,18-12-,25-22?. The highest BCUT2D eigenvalue weighted by Crippen LogP contribution is 2.36. The van der Waals surface area contributed by atoms with Gasteiger partial charge in [0.25, 0.3) is 11.8 Å². The van der Waals surface area contributed by atoms with Crippen molar-refractivity contribution in [2.45, 2.75) is 13.3 Å². The first-order valence-corrected chi connectivity index (χ1v) is 10.1. The van der Waals surface area contributed by atoms with E-state index in [2.05, 4.69) is 15.3 Å². The Hall–Kier alpha value is -3.81. The first-order valence-electron chi connectivity index (χ1n) is 10.1. The van der Waals surface area contributed by atoms with Crippen molar-refractivity contribution in [3.05, 3.63) is 58.5 Å². The van der Waals surface area contributed by atoms with Crippen LogP contribution in [0.15, 0.2) is 35.5 Å². The van der Waals surface area contributed by atoms with Crippen LogP contribution in [0, 0.1) is 6.92 Å². The van der Waals surface area contributed by atoms with Gasteiger partial charge in [-0.2, -0.15) is 0 Å². The quantitative estimate of drug-likeness (QED) is 0.609. The number of anilines is 1. The molecule has 0 saturated carbocycles. The number of hydrogen-bond acceptors (Lipinski definition) is 5. The molecule has 0 unspecified atom stereocenters. The fourth-order valence-corrected chi connectivity index (χ4v) is 3.88. The average Bonchev–Trinajstić information content (AvgIpc) is 3.28. The SMILES string of the molecule is CN=C1OCCCN(C)C(=O)c2cc(C)[nH]c2/C=C2\C(=O)Nc3ccc(cc32)/C1=C/N. The molecule has 2 aliphatic rings. The maximum Gasteiger partial charge on any atom is 0.256 e. The second kappa shape index (κ2) is 8.14. The van der Waals surface area contributed by atoms with Crippen LogP contribution in [-0.2, 0) is 9.53 Å². The molecule has 2 bridgehead atoms. The van der Waals surface area contributed by atoms with E-state index in [9.17, 15) is 9.59 Å². The molecule has 1 aromatic carbocycles. The Labute approximate surface area is 180 Å². The number of H-pyrrole nitrogens is 1. The van der Waals surface area contributed by atoms with Gasteiger partial charge >= 0.3 is 0 Å². The molecule has 1 aromatic heterocycles. The minimum Gasteiger partial charge on any atom is -0.477 e. The third-order valence-electron chi connectivity index (χ3n) is 5.44.